The second kappa shape index (κ2) is 65.9. The van der Waals surface area contributed by atoms with Crippen molar-refractivity contribution in [2.45, 2.75) is 392 Å². The number of likely N-dealkylation sites (N-methyl/N-ethyl adjacent to an activating group) is 1. The third-order valence-electron chi connectivity index (χ3n) is 16.9. The lowest BCUT2D eigenvalue weighted by Crippen LogP contribution is -2.37. The van der Waals surface area contributed by atoms with Gasteiger partial charge in [-0.15, -0.1) is 0 Å². The van der Waals surface area contributed by atoms with Gasteiger partial charge >= 0.3 is 11.9 Å². The first-order valence-corrected chi connectivity index (χ1v) is 38.5. The van der Waals surface area contributed by atoms with E-state index in [0.717, 1.165) is 32.1 Å². The minimum Gasteiger partial charge on any atom is -0.756 e. The van der Waals surface area contributed by atoms with Crippen LogP contribution in [0.15, 0.2) is 24.3 Å². The van der Waals surface area contributed by atoms with Crippen molar-refractivity contribution in [3.05, 3.63) is 24.3 Å². The summed E-state index contributed by atoms with van der Waals surface area (Å²) in [6.45, 7) is 4.32. The summed E-state index contributed by atoms with van der Waals surface area (Å²) in [5, 5.41) is 0. The fourth-order valence-corrected chi connectivity index (χ4v) is 12.0. The average molecular weight is 1210 g/mol. The van der Waals surface area contributed by atoms with Gasteiger partial charge in [-0.2, -0.15) is 0 Å². The van der Waals surface area contributed by atoms with Gasteiger partial charge in [0, 0.05) is 12.8 Å². The van der Waals surface area contributed by atoms with Gasteiger partial charge in [0.1, 0.15) is 19.8 Å². The van der Waals surface area contributed by atoms with Gasteiger partial charge in [0.2, 0.25) is 0 Å². The van der Waals surface area contributed by atoms with Gasteiger partial charge in [-0.05, 0) is 64.2 Å². The second-order valence-corrected chi connectivity index (χ2v) is 28.1. The van der Waals surface area contributed by atoms with E-state index in [1.165, 1.54) is 321 Å². The van der Waals surface area contributed by atoms with E-state index in [-0.39, 0.29) is 32.0 Å². The molecule has 0 N–H and O–H groups in total. The first kappa shape index (κ1) is 82.5. The van der Waals surface area contributed by atoms with Crippen LogP contribution in [0.2, 0.25) is 0 Å². The molecule has 0 aromatic heterocycles. The molecule has 498 valence electrons. The van der Waals surface area contributed by atoms with Crippen LogP contribution >= 0.6 is 7.82 Å². The number of ether oxygens (including phenoxy) is 2. The molecule has 0 rings (SSSR count). The first-order chi connectivity index (χ1) is 41.0. The van der Waals surface area contributed by atoms with Crippen molar-refractivity contribution in [2.24, 2.45) is 0 Å². The summed E-state index contributed by atoms with van der Waals surface area (Å²) < 4.78 is 34.4. The lowest BCUT2D eigenvalue weighted by molar-refractivity contribution is -0.870. The highest BCUT2D eigenvalue weighted by Crippen LogP contribution is 2.38. The molecule has 2 atom stereocenters. The number of quaternary nitrogens is 1. The Kier molecular flexibility index (Phi) is 64.7. The Balaban J connectivity index is 3.94. The predicted octanol–water partition coefficient (Wildman–Crippen LogP) is 23.4. The molecule has 0 fully saturated rings. The van der Waals surface area contributed by atoms with Crippen molar-refractivity contribution in [1.29, 1.82) is 0 Å². The van der Waals surface area contributed by atoms with Gasteiger partial charge in [-0.3, -0.25) is 14.2 Å². The fraction of sp³-hybridized carbons (Fsp3) is 0.919. The van der Waals surface area contributed by atoms with Gasteiger partial charge in [0.15, 0.2) is 6.10 Å². The van der Waals surface area contributed by atoms with Crippen molar-refractivity contribution in [3.63, 3.8) is 0 Å². The maximum atomic E-state index is 12.9. The Labute approximate surface area is 523 Å². The first-order valence-electron chi connectivity index (χ1n) is 37.0. The molecule has 0 radical (unpaired) electrons. The van der Waals surface area contributed by atoms with E-state index in [1.54, 1.807) is 0 Å². The Morgan fingerprint density at radius 1 is 0.357 bits per heavy atom. The Morgan fingerprint density at radius 3 is 0.881 bits per heavy atom. The highest BCUT2D eigenvalue weighted by Gasteiger charge is 2.22. The molecule has 0 bridgehead atoms. The Bertz CT molecular complexity index is 1460. The number of allylic oxidation sites excluding steroid dienone is 4. The quantitative estimate of drug-likeness (QED) is 0.0195. The van der Waals surface area contributed by atoms with E-state index in [4.69, 9.17) is 18.5 Å². The number of carbonyl (C=O) groups is 2. The van der Waals surface area contributed by atoms with Crippen LogP contribution in [-0.2, 0) is 32.7 Å². The molecule has 0 spiro atoms. The molecule has 2 unspecified atom stereocenters. The van der Waals surface area contributed by atoms with E-state index >= 15 is 0 Å². The van der Waals surface area contributed by atoms with E-state index in [1.807, 2.05) is 21.1 Å². The van der Waals surface area contributed by atoms with Crippen LogP contribution in [0.5, 0.6) is 0 Å². The van der Waals surface area contributed by atoms with Crippen molar-refractivity contribution in [2.75, 3.05) is 47.5 Å². The molecule has 0 saturated heterocycles. The highest BCUT2D eigenvalue weighted by molar-refractivity contribution is 7.45. The van der Waals surface area contributed by atoms with Crippen molar-refractivity contribution in [3.8, 4) is 0 Å². The maximum Gasteiger partial charge on any atom is 0.306 e. The predicted molar refractivity (Wildman–Crippen MR) is 361 cm³/mol. The second-order valence-electron chi connectivity index (χ2n) is 26.7. The molecule has 0 saturated carbocycles. The van der Waals surface area contributed by atoms with Crippen LogP contribution in [0.1, 0.15) is 386 Å². The van der Waals surface area contributed by atoms with E-state index in [2.05, 4.69) is 38.2 Å². The lowest BCUT2D eigenvalue weighted by atomic mass is 10.0. The van der Waals surface area contributed by atoms with Crippen LogP contribution in [-0.4, -0.2) is 70.0 Å². The molecule has 0 amide bonds. The molecular weight excluding hydrogens is 1060 g/mol. The molecular formula is C74H144NO8P. The van der Waals surface area contributed by atoms with Gasteiger partial charge in [-0.25, -0.2) is 0 Å². The van der Waals surface area contributed by atoms with Crippen molar-refractivity contribution in [1.82, 2.24) is 0 Å². The average Bonchev–Trinajstić information content (AvgIpc) is 3.61. The van der Waals surface area contributed by atoms with Crippen LogP contribution in [0, 0.1) is 0 Å². The number of phosphoric ester groups is 1. The Morgan fingerprint density at radius 2 is 0.607 bits per heavy atom. The monoisotopic (exact) mass is 1210 g/mol. The SMILES string of the molecule is CCCCCCCCCC/C=C\CCCCCCCCCCCCCCCCCCCCCCCCCC(=O)OC(COC(=O)CCCCCCCCCCCCCCC/C=C\CCCCCCCCCC)COP(=O)([O-])OCC[N+](C)(C)C. The molecule has 84 heavy (non-hydrogen) atoms. The summed E-state index contributed by atoms with van der Waals surface area (Å²) in [6, 6.07) is 0. The number of hydrogen-bond acceptors (Lipinski definition) is 8. The summed E-state index contributed by atoms with van der Waals surface area (Å²) in [4.78, 5) is 38.1. The van der Waals surface area contributed by atoms with Gasteiger partial charge < -0.3 is 27.9 Å². The molecule has 0 aromatic carbocycles. The third-order valence-corrected chi connectivity index (χ3v) is 17.9. The summed E-state index contributed by atoms with van der Waals surface area (Å²) >= 11 is 0. The molecule has 9 nitrogen and oxygen atoms in total. The number of nitrogens with zero attached hydrogens (tertiary/aromatic N) is 1. The minimum atomic E-state index is -4.64. The smallest absolute Gasteiger partial charge is 0.306 e. The maximum absolute atomic E-state index is 12.9. The Hall–Kier alpha value is -1.51. The molecule has 0 aliphatic rings. The normalized spacial score (nSPS) is 13.2. The van der Waals surface area contributed by atoms with Gasteiger partial charge in [-0.1, -0.05) is 334 Å². The number of rotatable bonds is 70. The number of carbonyl (C=O) groups excluding carboxylic acids is 2. The minimum absolute atomic E-state index is 0.0271. The molecule has 0 heterocycles. The van der Waals surface area contributed by atoms with E-state index in [0.29, 0.717) is 17.4 Å². The highest BCUT2D eigenvalue weighted by atomic mass is 31.2. The largest absolute Gasteiger partial charge is 0.756 e. The molecule has 0 aromatic rings. The van der Waals surface area contributed by atoms with Crippen LogP contribution < -0.4 is 4.89 Å². The number of esters is 2. The fourth-order valence-electron chi connectivity index (χ4n) is 11.2. The van der Waals surface area contributed by atoms with E-state index < -0.39 is 26.5 Å². The molecule has 0 aliphatic carbocycles. The van der Waals surface area contributed by atoms with Crippen molar-refractivity contribution < 1.29 is 42.1 Å². The zero-order valence-corrected chi connectivity index (χ0v) is 57.8. The zero-order chi connectivity index (χ0) is 61.2. The van der Waals surface area contributed by atoms with E-state index in [9.17, 15) is 19.0 Å². The topological polar surface area (TPSA) is 111 Å². The third kappa shape index (κ3) is 69.6. The lowest BCUT2D eigenvalue weighted by Gasteiger charge is -2.28. The van der Waals surface area contributed by atoms with Crippen LogP contribution in [0.4, 0.5) is 0 Å². The number of hydrogen-bond donors (Lipinski definition) is 0. The summed E-state index contributed by atoms with van der Waals surface area (Å²) in [7, 11) is 1.19. The molecule has 0 aliphatic heterocycles. The summed E-state index contributed by atoms with van der Waals surface area (Å²) in [5.74, 6) is -0.809. The summed E-state index contributed by atoms with van der Waals surface area (Å²) in [6.07, 6.45) is 82.8. The van der Waals surface area contributed by atoms with Gasteiger partial charge in [0.05, 0.1) is 27.7 Å². The van der Waals surface area contributed by atoms with Gasteiger partial charge in [0.25, 0.3) is 7.82 Å². The van der Waals surface area contributed by atoms with Crippen molar-refractivity contribution >= 4 is 19.8 Å². The number of unbranched alkanes of at least 4 members (excludes halogenated alkanes) is 52. The molecule has 10 heteroatoms. The summed E-state index contributed by atoms with van der Waals surface area (Å²) in [5.41, 5.74) is 0. The van der Waals surface area contributed by atoms with Crippen LogP contribution in [0.25, 0.3) is 0 Å². The standard InChI is InChI=1S/C74H144NO8P/c1-6-8-10-12-14-16-18-20-22-24-26-28-30-32-33-34-35-36-37-38-39-40-41-43-45-47-49-51-53-55-57-59-61-63-65-67-74(77)83-72(71-82-84(78,79)81-69-68-75(3,4)5)70-80-73(76)66-64-62-60-58-56-54-52-50-48-46-44-42-31-29-27-25-23-21-19-17-15-13-11-9-7-2/h24-27,72H,6-23,28-71H2,1-5H3/b26-24-,27-25-. The zero-order valence-electron chi connectivity index (χ0n) is 56.9. The number of phosphoric acid groups is 1. The van der Waals surface area contributed by atoms with Crippen LogP contribution in [0.3, 0.4) is 0 Å².